The molecule has 3 aromatic rings. The zero-order valence-electron chi connectivity index (χ0n) is 19.1. The average Bonchev–Trinajstić information content (AvgIpc) is 3.18. The molecule has 33 heavy (non-hydrogen) atoms. The molecule has 1 aromatic carbocycles. The molecule has 0 unspecified atom stereocenters. The van der Waals surface area contributed by atoms with Gasteiger partial charge < -0.3 is 20.4 Å². The Bertz CT molecular complexity index is 1170. The monoisotopic (exact) mass is 451 g/mol. The minimum Gasteiger partial charge on any atom is -0.464 e. The minimum atomic E-state index is -0.331. The predicted molar refractivity (Wildman–Crippen MR) is 128 cm³/mol. The number of aromatic nitrogens is 4. The molecule has 0 bridgehead atoms. The van der Waals surface area contributed by atoms with Crippen molar-refractivity contribution in [3.63, 3.8) is 0 Å². The molecule has 1 aliphatic rings. The van der Waals surface area contributed by atoms with Crippen molar-refractivity contribution in [3.05, 3.63) is 47.5 Å². The van der Waals surface area contributed by atoms with Crippen LogP contribution in [0.25, 0.3) is 22.6 Å². The molecule has 0 aliphatic carbocycles. The highest BCUT2D eigenvalue weighted by atomic mass is 19.1. The molecular weight excluding hydrogens is 421 g/mol. The van der Waals surface area contributed by atoms with Crippen molar-refractivity contribution in [2.75, 3.05) is 26.2 Å². The number of benzene rings is 1. The van der Waals surface area contributed by atoms with Gasteiger partial charge in [0, 0.05) is 30.1 Å². The Morgan fingerprint density at radius 1 is 1.30 bits per heavy atom. The Morgan fingerprint density at radius 2 is 2.12 bits per heavy atom. The number of hydrogen-bond donors (Lipinski definition) is 2. The van der Waals surface area contributed by atoms with Crippen LogP contribution < -0.4 is 15.8 Å². The summed E-state index contributed by atoms with van der Waals surface area (Å²) >= 11 is 0. The summed E-state index contributed by atoms with van der Waals surface area (Å²) in [6, 6.07) is 6.64. The van der Waals surface area contributed by atoms with Crippen LogP contribution in [0, 0.1) is 18.7 Å². The van der Waals surface area contributed by atoms with Gasteiger partial charge in [-0.05, 0) is 57.8 Å². The lowest BCUT2D eigenvalue weighted by atomic mass is 9.98. The normalized spacial score (nSPS) is 15.5. The molecule has 2 aromatic heterocycles. The molecular formula is C24H30FN7O. The summed E-state index contributed by atoms with van der Waals surface area (Å²) in [5.41, 5.74) is 9.36. The number of nitrogens with two attached hydrogens (primary N) is 1. The van der Waals surface area contributed by atoms with Crippen LogP contribution in [0.2, 0.25) is 0 Å². The molecule has 8 nitrogen and oxygen atoms in total. The molecule has 9 heteroatoms. The third kappa shape index (κ3) is 5.36. The summed E-state index contributed by atoms with van der Waals surface area (Å²) in [7, 11) is 0. The SMILES string of the molecule is CCOc1nc(C)c2nc(-c3cccc(F)c3)n(CC(C=NCC3CCNCC3)=CN)c2n1. The molecule has 174 valence electrons. The standard InChI is InChI=1S/C24H30FN7O/c1-3-33-24-29-16(2)21-23(31-24)32(22(30-21)19-5-4-6-20(25)11-19)15-18(12-26)14-28-13-17-7-9-27-10-8-17/h4-6,11-12,14,17,27H,3,7-10,13,15,26H2,1-2H3. The second-order valence-electron chi connectivity index (χ2n) is 8.16. The minimum absolute atomic E-state index is 0.285. The highest BCUT2D eigenvalue weighted by Crippen LogP contribution is 2.27. The lowest BCUT2D eigenvalue weighted by Gasteiger charge is -2.20. The molecule has 0 atom stereocenters. The quantitative estimate of drug-likeness (QED) is 0.510. The van der Waals surface area contributed by atoms with E-state index >= 15 is 0 Å². The molecule has 1 fully saturated rings. The summed E-state index contributed by atoms with van der Waals surface area (Å²) in [6.07, 6.45) is 5.63. The molecule has 0 radical (unpaired) electrons. The number of nitrogens with one attached hydrogen (secondary N) is 1. The van der Waals surface area contributed by atoms with Gasteiger partial charge in [-0.3, -0.25) is 4.99 Å². The zero-order chi connectivity index (χ0) is 23.2. The van der Waals surface area contributed by atoms with Crippen molar-refractivity contribution >= 4 is 17.4 Å². The van der Waals surface area contributed by atoms with E-state index in [1.165, 1.54) is 12.1 Å². The van der Waals surface area contributed by atoms with Gasteiger partial charge in [0.25, 0.3) is 0 Å². The fourth-order valence-corrected chi connectivity index (χ4v) is 4.01. The van der Waals surface area contributed by atoms with Gasteiger partial charge in [0.15, 0.2) is 5.65 Å². The first kappa shape index (κ1) is 22.8. The van der Waals surface area contributed by atoms with E-state index in [4.69, 9.17) is 15.5 Å². The molecule has 1 saturated heterocycles. The first-order chi connectivity index (χ1) is 16.1. The molecule has 1 aliphatic heterocycles. The Morgan fingerprint density at radius 3 is 2.85 bits per heavy atom. The van der Waals surface area contributed by atoms with Crippen molar-refractivity contribution in [3.8, 4) is 17.4 Å². The maximum atomic E-state index is 14.0. The van der Waals surface area contributed by atoms with E-state index < -0.39 is 0 Å². The Hall–Kier alpha value is -3.33. The van der Waals surface area contributed by atoms with Crippen LogP contribution in [0.3, 0.4) is 0 Å². The van der Waals surface area contributed by atoms with E-state index in [2.05, 4.69) is 20.3 Å². The number of fused-ring (bicyclic) bond motifs is 1. The van der Waals surface area contributed by atoms with Gasteiger partial charge in [0.05, 0.1) is 18.8 Å². The predicted octanol–water partition coefficient (Wildman–Crippen LogP) is 3.25. The maximum absolute atomic E-state index is 14.0. The molecule has 4 rings (SSSR count). The lowest BCUT2D eigenvalue weighted by molar-refractivity contribution is 0.313. The van der Waals surface area contributed by atoms with Crippen molar-refractivity contribution in [2.24, 2.45) is 16.6 Å². The van der Waals surface area contributed by atoms with Crippen molar-refractivity contribution in [1.29, 1.82) is 0 Å². The van der Waals surface area contributed by atoms with Gasteiger partial charge in [-0.15, -0.1) is 0 Å². The van der Waals surface area contributed by atoms with Crippen LogP contribution in [0.15, 0.2) is 41.0 Å². The van der Waals surface area contributed by atoms with Gasteiger partial charge in [-0.2, -0.15) is 9.97 Å². The number of halogens is 1. The Balaban J connectivity index is 1.70. The van der Waals surface area contributed by atoms with Gasteiger partial charge >= 0.3 is 6.01 Å². The number of nitrogens with zero attached hydrogens (tertiary/aromatic N) is 5. The topological polar surface area (TPSA) is 103 Å². The van der Waals surface area contributed by atoms with Crippen LogP contribution in [0.4, 0.5) is 4.39 Å². The largest absolute Gasteiger partial charge is 0.464 e. The van der Waals surface area contributed by atoms with E-state index in [0.29, 0.717) is 47.3 Å². The number of ether oxygens (including phenoxy) is 1. The number of imidazole rings is 1. The number of rotatable bonds is 8. The Kier molecular flexibility index (Phi) is 7.29. The van der Waals surface area contributed by atoms with Gasteiger partial charge in [-0.1, -0.05) is 12.1 Å². The van der Waals surface area contributed by atoms with E-state index in [9.17, 15) is 4.39 Å². The summed E-state index contributed by atoms with van der Waals surface area (Å²) in [5, 5.41) is 3.37. The van der Waals surface area contributed by atoms with E-state index in [1.54, 1.807) is 12.3 Å². The van der Waals surface area contributed by atoms with E-state index in [-0.39, 0.29) is 11.8 Å². The summed E-state index contributed by atoms with van der Waals surface area (Å²) < 4.78 is 21.5. The zero-order valence-corrected chi connectivity index (χ0v) is 19.1. The first-order valence-electron chi connectivity index (χ1n) is 11.3. The summed E-state index contributed by atoms with van der Waals surface area (Å²) in [5.74, 6) is 0.839. The molecule has 0 spiro atoms. The van der Waals surface area contributed by atoms with E-state index in [1.807, 2.05) is 30.7 Å². The molecule has 0 saturated carbocycles. The van der Waals surface area contributed by atoms with Crippen LogP contribution in [-0.4, -0.2) is 52.0 Å². The summed E-state index contributed by atoms with van der Waals surface area (Å²) in [4.78, 5) is 18.4. The highest BCUT2D eigenvalue weighted by Gasteiger charge is 2.19. The maximum Gasteiger partial charge on any atom is 0.318 e. The van der Waals surface area contributed by atoms with Crippen molar-refractivity contribution in [2.45, 2.75) is 33.2 Å². The number of hydrogen-bond acceptors (Lipinski definition) is 7. The third-order valence-electron chi connectivity index (χ3n) is 5.74. The van der Waals surface area contributed by atoms with Crippen LogP contribution >= 0.6 is 0 Å². The number of allylic oxidation sites excluding steroid dienone is 1. The van der Waals surface area contributed by atoms with Crippen LogP contribution in [0.5, 0.6) is 6.01 Å². The lowest BCUT2D eigenvalue weighted by Crippen LogP contribution is -2.29. The first-order valence-corrected chi connectivity index (χ1v) is 11.3. The van der Waals surface area contributed by atoms with Crippen molar-refractivity contribution < 1.29 is 9.13 Å². The van der Waals surface area contributed by atoms with Gasteiger partial charge in [0.2, 0.25) is 0 Å². The third-order valence-corrected chi connectivity index (χ3v) is 5.74. The fourth-order valence-electron chi connectivity index (χ4n) is 4.01. The average molecular weight is 452 g/mol. The van der Waals surface area contributed by atoms with Crippen LogP contribution in [-0.2, 0) is 6.54 Å². The fraction of sp³-hybridized carbons (Fsp3) is 0.417. The van der Waals surface area contributed by atoms with Crippen molar-refractivity contribution in [1.82, 2.24) is 24.8 Å². The van der Waals surface area contributed by atoms with Gasteiger partial charge in [0.1, 0.15) is 17.2 Å². The summed E-state index contributed by atoms with van der Waals surface area (Å²) in [6.45, 7) is 7.43. The second-order valence-corrected chi connectivity index (χ2v) is 8.16. The number of aliphatic imine (C=N–C) groups is 1. The second kappa shape index (κ2) is 10.5. The van der Waals surface area contributed by atoms with E-state index in [0.717, 1.165) is 38.0 Å². The number of aryl methyl sites for hydroxylation is 1. The molecule has 0 amide bonds. The highest BCUT2D eigenvalue weighted by molar-refractivity contribution is 5.82. The van der Waals surface area contributed by atoms with Crippen LogP contribution in [0.1, 0.15) is 25.5 Å². The Labute approximate surface area is 192 Å². The smallest absolute Gasteiger partial charge is 0.318 e. The van der Waals surface area contributed by atoms with Gasteiger partial charge in [-0.25, -0.2) is 9.37 Å². The molecule has 3 N–H and O–H groups in total. The number of piperidine rings is 1. The molecule has 3 heterocycles.